The Morgan fingerprint density at radius 1 is 1.55 bits per heavy atom. The third-order valence-electron chi connectivity index (χ3n) is 1.57. The molecule has 1 aliphatic rings. The highest BCUT2D eigenvalue weighted by atomic mass is 16.6. The Morgan fingerprint density at radius 3 is 2.27 bits per heavy atom. The molecule has 1 unspecified atom stereocenters. The van der Waals surface area contributed by atoms with Crippen LogP contribution in [0.25, 0.3) is 0 Å². The fourth-order valence-electron chi connectivity index (χ4n) is 0.812. The van der Waals surface area contributed by atoms with Gasteiger partial charge in [-0.05, 0) is 0 Å². The monoisotopic (exact) mass is 162 g/mol. The van der Waals surface area contributed by atoms with Crippen molar-refractivity contribution in [3.05, 3.63) is 11.8 Å². The lowest BCUT2D eigenvalue weighted by molar-refractivity contribution is -0.254. The first-order valence-electron chi connectivity index (χ1n) is 3.13. The summed E-state index contributed by atoms with van der Waals surface area (Å²) in [5.74, 6) is -3.22. The van der Waals surface area contributed by atoms with Crippen LogP contribution in [0.4, 0.5) is 0 Å². The summed E-state index contributed by atoms with van der Waals surface area (Å²) in [4.78, 5) is 0. The second kappa shape index (κ2) is 2.18. The normalized spacial score (nSPS) is 31.0. The number of nitrogens with one attached hydrogen (secondary N) is 1. The summed E-state index contributed by atoms with van der Waals surface area (Å²) in [6, 6.07) is 0. The van der Waals surface area contributed by atoms with Crippen molar-refractivity contribution in [1.29, 1.82) is 0 Å². The molecule has 1 atom stereocenters. The Hall–Kier alpha value is -1.14. The molecule has 0 aliphatic carbocycles. The van der Waals surface area contributed by atoms with Crippen molar-refractivity contribution >= 4 is 0 Å². The highest BCUT2D eigenvalue weighted by Crippen LogP contribution is 2.23. The number of hydrogen-bond acceptors (Lipinski definition) is 6. The van der Waals surface area contributed by atoms with E-state index in [1.54, 1.807) is 6.92 Å². The maximum absolute atomic E-state index is 9.31. The summed E-state index contributed by atoms with van der Waals surface area (Å²) in [6.45, 7) is 1.57. The maximum atomic E-state index is 9.31. The molecule has 6 nitrogen and oxygen atoms in total. The third-order valence-corrected chi connectivity index (χ3v) is 1.57. The van der Waals surface area contributed by atoms with Gasteiger partial charge in [-0.1, -0.05) is 6.92 Å². The molecule has 11 heavy (non-hydrogen) atoms. The molecule has 0 amide bonds. The minimum absolute atomic E-state index is 0.109. The van der Waals surface area contributed by atoms with Crippen LogP contribution in [0, 0.1) is 0 Å². The van der Waals surface area contributed by atoms with Crippen molar-refractivity contribution in [3.63, 3.8) is 0 Å². The highest BCUT2D eigenvalue weighted by Gasteiger charge is 2.42. The average Bonchev–Trinajstić information content (AvgIpc) is 2.17. The number of hydroxylamine groups is 2. The largest absolute Gasteiger partial charge is 0.491 e. The summed E-state index contributed by atoms with van der Waals surface area (Å²) >= 11 is 0. The number of rotatable bonds is 1. The summed E-state index contributed by atoms with van der Waals surface area (Å²) < 4.78 is 0. The van der Waals surface area contributed by atoms with Gasteiger partial charge in [-0.2, -0.15) is 5.06 Å². The smallest absolute Gasteiger partial charge is 0.277 e. The highest BCUT2D eigenvalue weighted by molar-refractivity contribution is 5.05. The Bertz CT molecular complexity index is 205. The maximum Gasteiger partial charge on any atom is 0.277 e. The number of aliphatic hydroxyl groups is 3. The predicted molar refractivity (Wildman–Crippen MR) is 34.3 cm³/mol. The molecular weight excluding hydrogens is 152 g/mol. The number of aliphatic hydroxyl groups excluding tert-OH is 2. The van der Waals surface area contributed by atoms with Gasteiger partial charge in [0.25, 0.3) is 11.8 Å². The van der Waals surface area contributed by atoms with E-state index in [0.717, 1.165) is 0 Å². The summed E-state index contributed by atoms with van der Waals surface area (Å²) in [7, 11) is 0. The van der Waals surface area contributed by atoms with Crippen LogP contribution in [0.15, 0.2) is 11.8 Å². The van der Waals surface area contributed by atoms with Crippen molar-refractivity contribution in [3.8, 4) is 0 Å². The van der Waals surface area contributed by atoms with Crippen molar-refractivity contribution in [2.45, 2.75) is 19.2 Å². The van der Waals surface area contributed by atoms with E-state index < -0.39 is 17.6 Å². The van der Waals surface area contributed by atoms with Crippen LogP contribution in [0.3, 0.4) is 0 Å². The Labute approximate surface area is 62.9 Å². The van der Waals surface area contributed by atoms with Gasteiger partial charge in [0.15, 0.2) is 0 Å². The van der Waals surface area contributed by atoms with E-state index in [9.17, 15) is 5.11 Å². The van der Waals surface area contributed by atoms with E-state index in [4.69, 9.17) is 15.4 Å². The van der Waals surface area contributed by atoms with Gasteiger partial charge < -0.3 is 20.6 Å². The van der Waals surface area contributed by atoms with E-state index in [0.29, 0.717) is 0 Å². The second-order valence-corrected chi connectivity index (χ2v) is 2.28. The predicted octanol–water partition coefficient (Wildman–Crippen LogP) is -0.420. The molecule has 0 aromatic carbocycles. The first-order valence-corrected chi connectivity index (χ1v) is 3.13. The van der Waals surface area contributed by atoms with E-state index in [1.807, 2.05) is 0 Å². The summed E-state index contributed by atoms with van der Waals surface area (Å²) in [5, 5.41) is 38.1. The van der Waals surface area contributed by atoms with Gasteiger partial charge in [0, 0.05) is 6.42 Å². The average molecular weight is 162 g/mol. The second-order valence-electron chi connectivity index (χ2n) is 2.28. The van der Waals surface area contributed by atoms with Crippen LogP contribution >= 0.6 is 0 Å². The molecule has 6 heteroatoms. The lowest BCUT2D eigenvalue weighted by Crippen LogP contribution is -2.50. The molecule has 1 heterocycles. The summed E-state index contributed by atoms with van der Waals surface area (Å²) in [5.41, 5.74) is 0. The minimum atomic E-state index is -1.80. The van der Waals surface area contributed by atoms with Gasteiger partial charge in [-0.15, -0.1) is 0 Å². The molecular formula is C5H10N2O4. The Morgan fingerprint density at radius 2 is 2.09 bits per heavy atom. The van der Waals surface area contributed by atoms with Crippen LogP contribution in [0.5, 0.6) is 0 Å². The van der Waals surface area contributed by atoms with Crippen LogP contribution in [-0.2, 0) is 0 Å². The molecule has 0 spiro atoms. The molecule has 0 bridgehead atoms. The Kier molecular flexibility index (Phi) is 1.57. The first kappa shape index (κ1) is 7.96. The molecule has 1 rings (SSSR count). The van der Waals surface area contributed by atoms with Gasteiger partial charge in [0.1, 0.15) is 0 Å². The summed E-state index contributed by atoms with van der Waals surface area (Å²) in [6.07, 6.45) is 0.109. The lowest BCUT2D eigenvalue weighted by Gasteiger charge is -2.27. The number of nitrogens with zero attached hydrogens (tertiary/aromatic N) is 1. The van der Waals surface area contributed by atoms with Gasteiger partial charge in [0.2, 0.25) is 5.85 Å². The molecule has 64 valence electrons. The van der Waals surface area contributed by atoms with E-state index >= 15 is 0 Å². The van der Waals surface area contributed by atoms with E-state index in [-0.39, 0.29) is 11.5 Å². The van der Waals surface area contributed by atoms with E-state index in [2.05, 4.69) is 5.32 Å². The van der Waals surface area contributed by atoms with Crippen molar-refractivity contribution in [2.24, 2.45) is 0 Å². The van der Waals surface area contributed by atoms with Crippen molar-refractivity contribution in [1.82, 2.24) is 10.4 Å². The molecule has 0 aromatic heterocycles. The molecule has 0 fully saturated rings. The number of hydrogen-bond donors (Lipinski definition) is 5. The third kappa shape index (κ3) is 0.958. The zero-order valence-corrected chi connectivity index (χ0v) is 5.94. The van der Waals surface area contributed by atoms with E-state index in [1.165, 1.54) is 0 Å². The Balaban J connectivity index is 2.85. The quantitative estimate of drug-likeness (QED) is 0.359. The standard InChI is InChI=1S/C5H10N2O4/c1-2-5(10)6-3(8)4(9)7(5)11/h6,8-11H,2H2,1H3. The molecule has 0 aromatic rings. The molecule has 0 radical (unpaired) electrons. The molecule has 1 aliphatic heterocycles. The molecule has 0 saturated heterocycles. The molecule has 5 N–H and O–H groups in total. The van der Waals surface area contributed by atoms with Crippen LogP contribution < -0.4 is 5.32 Å². The first-order chi connectivity index (χ1) is 5.01. The van der Waals surface area contributed by atoms with Gasteiger partial charge in [-0.25, -0.2) is 0 Å². The van der Waals surface area contributed by atoms with Crippen LogP contribution in [0.2, 0.25) is 0 Å². The van der Waals surface area contributed by atoms with Crippen molar-refractivity contribution in [2.75, 3.05) is 0 Å². The van der Waals surface area contributed by atoms with Crippen LogP contribution in [-0.4, -0.2) is 31.4 Å². The van der Waals surface area contributed by atoms with Crippen LogP contribution in [0.1, 0.15) is 13.3 Å². The fourth-order valence-corrected chi connectivity index (χ4v) is 0.812. The minimum Gasteiger partial charge on any atom is -0.491 e. The zero-order chi connectivity index (χ0) is 8.65. The fraction of sp³-hybridized carbons (Fsp3) is 0.600. The SMILES string of the molecule is CCC1(O)NC(O)=C(O)N1O. The van der Waals surface area contributed by atoms with Crippen molar-refractivity contribution < 1.29 is 20.5 Å². The van der Waals surface area contributed by atoms with Gasteiger partial charge in [-0.3, -0.25) is 5.21 Å². The lowest BCUT2D eigenvalue weighted by atomic mass is 10.3. The van der Waals surface area contributed by atoms with Gasteiger partial charge in [0.05, 0.1) is 0 Å². The molecule has 0 saturated carbocycles. The topological polar surface area (TPSA) is 96.2 Å². The van der Waals surface area contributed by atoms with Gasteiger partial charge >= 0.3 is 0 Å². The zero-order valence-electron chi connectivity index (χ0n) is 5.94.